The van der Waals surface area contributed by atoms with Crippen molar-refractivity contribution in [1.82, 2.24) is 9.88 Å². The summed E-state index contributed by atoms with van der Waals surface area (Å²) in [6.07, 6.45) is 1.02. The van der Waals surface area contributed by atoms with Gasteiger partial charge in [0, 0.05) is 47.7 Å². The van der Waals surface area contributed by atoms with Crippen molar-refractivity contribution in [3.63, 3.8) is 0 Å². The van der Waals surface area contributed by atoms with Crippen LogP contribution in [0, 0.1) is 0 Å². The lowest BCUT2D eigenvalue weighted by atomic mass is 10.1. The highest BCUT2D eigenvalue weighted by Crippen LogP contribution is 2.31. The van der Waals surface area contributed by atoms with E-state index in [1.165, 1.54) is 33.3 Å². The molecule has 0 unspecified atom stereocenters. The minimum absolute atomic E-state index is 0.342. The van der Waals surface area contributed by atoms with Crippen LogP contribution >= 0.6 is 0 Å². The lowest BCUT2D eigenvalue weighted by molar-refractivity contribution is 0.110. The SMILES string of the molecule is CCn1c2c(c3cc(CN[C@H](C)c4ccccc4)ccc31)COCC2. The maximum atomic E-state index is 5.73. The Morgan fingerprint density at radius 3 is 2.80 bits per heavy atom. The third-order valence-electron chi connectivity index (χ3n) is 5.31. The number of hydrogen-bond donors (Lipinski definition) is 1. The van der Waals surface area contributed by atoms with Gasteiger partial charge in [0.25, 0.3) is 0 Å². The second-order valence-electron chi connectivity index (χ2n) is 6.84. The molecule has 3 nitrogen and oxygen atoms in total. The molecule has 1 atom stereocenters. The molecule has 3 heteroatoms. The fourth-order valence-electron chi connectivity index (χ4n) is 3.92. The van der Waals surface area contributed by atoms with Gasteiger partial charge in [0.05, 0.1) is 13.2 Å². The molecule has 1 aliphatic heterocycles. The van der Waals surface area contributed by atoms with Gasteiger partial charge in [-0.2, -0.15) is 0 Å². The number of fused-ring (bicyclic) bond motifs is 3. The summed E-state index contributed by atoms with van der Waals surface area (Å²) in [7, 11) is 0. The zero-order chi connectivity index (χ0) is 17.2. The van der Waals surface area contributed by atoms with Gasteiger partial charge in [-0.05, 0) is 37.1 Å². The van der Waals surface area contributed by atoms with Gasteiger partial charge < -0.3 is 14.6 Å². The van der Waals surface area contributed by atoms with Crippen molar-refractivity contribution in [3.8, 4) is 0 Å². The molecular formula is C22H26N2O. The van der Waals surface area contributed by atoms with Gasteiger partial charge >= 0.3 is 0 Å². The summed E-state index contributed by atoms with van der Waals surface area (Å²) in [6, 6.07) is 17.8. The van der Waals surface area contributed by atoms with Crippen molar-refractivity contribution in [2.24, 2.45) is 0 Å². The summed E-state index contributed by atoms with van der Waals surface area (Å²) in [4.78, 5) is 0. The Labute approximate surface area is 149 Å². The predicted molar refractivity (Wildman–Crippen MR) is 103 cm³/mol. The van der Waals surface area contributed by atoms with E-state index in [4.69, 9.17) is 4.74 Å². The maximum absolute atomic E-state index is 5.73. The van der Waals surface area contributed by atoms with E-state index < -0.39 is 0 Å². The van der Waals surface area contributed by atoms with E-state index in [1.807, 2.05) is 0 Å². The number of hydrogen-bond acceptors (Lipinski definition) is 2. The van der Waals surface area contributed by atoms with E-state index in [0.29, 0.717) is 6.04 Å². The van der Waals surface area contributed by atoms with Gasteiger partial charge in [0.2, 0.25) is 0 Å². The number of ether oxygens (including phenoxy) is 1. The van der Waals surface area contributed by atoms with E-state index in [0.717, 1.165) is 32.7 Å². The summed E-state index contributed by atoms with van der Waals surface area (Å²) >= 11 is 0. The van der Waals surface area contributed by atoms with Crippen LogP contribution in [-0.2, 0) is 30.9 Å². The van der Waals surface area contributed by atoms with Crippen molar-refractivity contribution >= 4 is 10.9 Å². The molecule has 4 rings (SSSR count). The highest BCUT2D eigenvalue weighted by Gasteiger charge is 2.19. The van der Waals surface area contributed by atoms with Crippen LogP contribution < -0.4 is 5.32 Å². The fraction of sp³-hybridized carbons (Fsp3) is 0.364. The first kappa shape index (κ1) is 16.4. The van der Waals surface area contributed by atoms with Crippen molar-refractivity contribution in [2.45, 2.75) is 46.0 Å². The highest BCUT2D eigenvalue weighted by atomic mass is 16.5. The van der Waals surface area contributed by atoms with E-state index in [9.17, 15) is 0 Å². The molecule has 1 N–H and O–H groups in total. The van der Waals surface area contributed by atoms with Gasteiger partial charge in [0.1, 0.15) is 0 Å². The molecule has 0 saturated heterocycles. The minimum Gasteiger partial charge on any atom is -0.376 e. The first-order chi connectivity index (χ1) is 12.3. The maximum Gasteiger partial charge on any atom is 0.0740 e. The number of nitrogens with one attached hydrogen (secondary N) is 1. The fourth-order valence-corrected chi connectivity index (χ4v) is 3.92. The molecule has 1 aromatic heterocycles. The summed E-state index contributed by atoms with van der Waals surface area (Å²) in [5, 5.41) is 5.01. The second-order valence-corrected chi connectivity index (χ2v) is 6.84. The van der Waals surface area contributed by atoms with Crippen LogP contribution in [0.3, 0.4) is 0 Å². The topological polar surface area (TPSA) is 26.2 Å². The zero-order valence-corrected chi connectivity index (χ0v) is 15.1. The zero-order valence-electron chi connectivity index (χ0n) is 15.1. The summed E-state index contributed by atoms with van der Waals surface area (Å²) in [5.41, 5.74) is 6.86. The van der Waals surface area contributed by atoms with E-state index >= 15 is 0 Å². The monoisotopic (exact) mass is 334 g/mol. The largest absolute Gasteiger partial charge is 0.376 e. The average Bonchev–Trinajstić information content (AvgIpc) is 3.00. The van der Waals surface area contributed by atoms with Gasteiger partial charge in [-0.3, -0.25) is 0 Å². The molecule has 2 heterocycles. The molecule has 1 aliphatic rings. The van der Waals surface area contributed by atoms with E-state index in [2.05, 4.69) is 72.3 Å². The molecule has 25 heavy (non-hydrogen) atoms. The Morgan fingerprint density at radius 2 is 2.00 bits per heavy atom. The van der Waals surface area contributed by atoms with Crippen LogP contribution in [0.5, 0.6) is 0 Å². The Hall–Kier alpha value is -2.10. The molecular weight excluding hydrogens is 308 g/mol. The Balaban J connectivity index is 1.59. The normalized spacial score (nSPS) is 15.3. The Bertz CT molecular complexity index is 867. The molecule has 0 amide bonds. The second kappa shape index (κ2) is 7.03. The first-order valence-electron chi connectivity index (χ1n) is 9.27. The first-order valence-corrected chi connectivity index (χ1v) is 9.27. The van der Waals surface area contributed by atoms with Crippen molar-refractivity contribution in [2.75, 3.05) is 6.61 Å². The number of aromatic nitrogens is 1. The van der Waals surface area contributed by atoms with Gasteiger partial charge in [-0.25, -0.2) is 0 Å². The number of benzene rings is 2. The van der Waals surface area contributed by atoms with Crippen LogP contribution in [0.1, 0.15) is 42.3 Å². The summed E-state index contributed by atoms with van der Waals surface area (Å²) < 4.78 is 8.18. The summed E-state index contributed by atoms with van der Waals surface area (Å²) in [5.74, 6) is 0. The highest BCUT2D eigenvalue weighted by molar-refractivity contribution is 5.86. The quantitative estimate of drug-likeness (QED) is 0.739. The molecule has 130 valence electrons. The molecule has 0 saturated carbocycles. The predicted octanol–water partition coefficient (Wildman–Crippen LogP) is 4.58. The molecule has 0 aliphatic carbocycles. The Morgan fingerprint density at radius 1 is 1.16 bits per heavy atom. The van der Waals surface area contributed by atoms with Crippen LogP contribution in [0.25, 0.3) is 10.9 Å². The lowest BCUT2D eigenvalue weighted by Gasteiger charge is -2.15. The third-order valence-corrected chi connectivity index (χ3v) is 5.31. The van der Waals surface area contributed by atoms with Crippen molar-refractivity contribution < 1.29 is 4.74 Å². The molecule has 0 spiro atoms. The molecule has 2 aromatic carbocycles. The van der Waals surface area contributed by atoms with Crippen LogP contribution in [0.2, 0.25) is 0 Å². The minimum atomic E-state index is 0.342. The van der Waals surface area contributed by atoms with Crippen LogP contribution in [0.15, 0.2) is 48.5 Å². The standard InChI is InChI=1S/C22H26N2O/c1-3-24-21-10-9-17(13-19(21)20-15-25-12-11-22(20)24)14-23-16(2)18-7-5-4-6-8-18/h4-10,13,16,23H,3,11-12,14-15H2,1-2H3/t16-/m1/s1. The molecule has 0 fully saturated rings. The molecule has 3 aromatic rings. The summed E-state index contributed by atoms with van der Waals surface area (Å²) in [6.45, 7) is 7.93. The Kier molecular flexibility index (Phi) is 4.60. The van der Waals surface area contributed by atoms with E-state index in [1.54, 1.807) is 0 Å². The number of rotatable bonds is 5. The van der Waals surface area contributed by atoms with Crippen molar-refractivity contribution in [3.05, 3.63) is 70.9 Å². The molecule has 0 radical (unpaired) electrons. The van der Waals surface area contributed by atoms with E-state index in [-0.39, 0.29) is 0 Å². The van der Waals surface area contributed by atoms with Crippen molar-refractivity contribution in [1.29, 1.82) is 0 Å². The lowest BCUT2D eigenvalue weighted by Crippen LogP contribution is -2.17. The van der Waals surface area contributed by atoms with Crippen LogP contribution in [-0.4, -0.2) is 11.2 Å². The number of nitrogens with zero attached hydrogens (tertiary/aromatic N) is 1. The van der Waals surface area contributed by atoms with Crippen LogP contribution in [0.4, 0.5) is 0 Å². The third kappa shape index (κ3) is 3.10. The van der Waals surface area contributed by atoms with Gasteiger partial charge in [-0.1, -0.05) is 36.4 Å². The number of aryl methyl sites for hydroxylation is 1. The smallest absolute Gasteiger partial charge is 0.0740 e. The average molecular weight is 334 g/mol. The van der Waals surface area contributed by atoms with Gasteiger partial charge in [-0.15, -0.1) is 0 Å². The molecule has 0 bridgehead atoms. The van der Waals surface area contributed by atoms with Gasteiger partial charge in [0.15, 0.2) is 0 Å².